The van der Waals surface area contributed by atoms with Gasteiger partial charge in [-0.1, -0.05) is 11.6 Å². The number of rotatable bonds is 3. The molecule has 1 aromatic heterocycles. The molecular formula is C15H12ClFN2O2. The van der Waals surface area contributed by atoms with Crippen molar-refractivity contribution >= 4 is 17.6 Å². The molecule has 3 rings (SSSR count). The van der Waals surface area contributed by atoms with Gasteiger partial charge in [0.1, 0.15) is 16.8 Å². The molecule has 0 aliphatic heterocycles. The van der Waals surface area contributed by atoms with Gasteiger partial charge in [0, 0.05) is 17.0 Å². The highest BCUT2D eigenvalue weighted by Gasteiger charge is 2.28. The maximum absolute atomic E-state index is 13.6. The second kappa shape index (κ2) is 5.07. The summed E-state index contributed by atoms with van der Waals surface area (Å²) >= 11 is 6.12. The summed E-state index contributed by atoms with van der Waals surface area (Å²) in [6, 6.07) is 3.63. The van der Waals surface area contributed by atoms with Crippen molar-refractivity contribution in [2.75, 3.05) is 0 Å². The molecule has 1 N–H and O–H groups in total. The molecule has 0 amide bonds. The molecule has 4 nitrogen and oxygen atoms in total. The number of carbonyl (C=O) groups is 1. The molecule has 2 aromatic rings. The van der Waals surface area contributed by atoms with Crippen molar-refractivity contribution in [3.63, 3.8) is 0 Å². The van der Waals surface area contributed by atoms with Gasteiger partial charge in [-0.05, 0) is 38.0 Å². The molecule has 0 radical (unpaired) electrons. The minimum Gasteiger partial charge on any atom is -0.478 e. The average molecular weight is 307 g/mol. The standard InChI is InChI=1S/C15H12ClFN2O2/c1-7-12(18-14(8-2-3-8)19-13(7)16)9-4-10(15(20)21)6-11(17)5-9/h4-6,8H,2-3H2,1H3,(H,20,21). The lowest BCUT2D eigenvalue weighted by atomic mass is 10.0. The Morgan fingerprint density at radius 1 is 1.33 bits per heavy atom. The third-order valence-corrected chi connectivity index (χ3v) is 3.83. The molecule has 1 aliphatic carbocycles. The number of carboxylic acid groups (broad SMARTS) is 1. The molecule has 21 heavy (non-hydrogen) atoms. The van der Waals surface area contributed by atoms with Crippen LogP contribution in [0.1, 0.15) is 40.5 Å². The Morgan fingerprint density at radius 2 is 2.05 bits per heavy atom. The van der Waals surface area contributed by atoms with Crippen LogP contribution in [0.3, 0.4) is 0 Å². The van der Waals surface area contributed by atoms with Crippen LogP contribution in [0, 0.1) is 12.7 Å². The lowest BCUT2D eigenvalue weighted by molar-refractivity contribution is 0.0696. The van der Waals surface area contributed by atoms with Gasteiger partial charge in [0.05, 0.1) is 11.3 Å². The molecule has 6 heteroatoms. The van der Waals surface area contributed by atoms with Crippen molar-refractivity contribution in [1.29, 1.82) is 0 Å². The second-order valence-electron chi connectivity index (χ2n) is 5.15. The molecular weight excluding hydrogens is 295 g/mol. The zero-order valence-corrected chi connectivity index (χ0v) is 12.0. The van der Waals surface area contributed by atoms with E-state index in [9.17, 15) is 9.18 Å². The lowest BCUT2D eigenvalue weighted by Gasteiger charge is -2.10. The smallest absolute Gasteiger partial charge is 0.335 e. The van der Waals surface area contributed by atoms with Crippen molar-refractivity contribution in [2.45, 2.75) is 25.7 Å². The first-order chi connectivity index (χ1) is 9.95. The number of hydrogen-bond donors (Lipinski definition) is 1. The van der Waals surface area contributed by atoms with Crippen LogP contribution in [0.15, 0.2) is 18.2 Å². The molecule has 0 unspecified atom stereocenters. The Labute approximate surface area is 125 Å². The van der Waals surface area contributed by atoms with Crippen LogP contribution in [0.2, 0.25) is 5.15 Å². The summed E-state index contributed by atoms with van der Waals surface area (Å²) in [6.07, 6.45) is 2.03. The highest BCUT2D eigenvalue weighted by Crippen LogP contribution is 2.40. The highest BCUT2D eigenvalue weighted by atomic mass is 35.5. The summed E-state index contributed by atoms with van der Waals surface area (Å²) in [6.45, 7) is 1.74. The zero-order valence-electron chi connectivity index (χ0n) is 11.2. The fourth-order valence-electron chi connectivity index (χ4n) is 2.16. The Hall–Kier alpha value is -2.01. The number of nitrogens with zero attached hydrogens (tertiary/aromatic N) is 2. The lowest BCUT2D eigenvalue weighted by Crippen LogP contribution is -2.02. The maximum Gasteiger partial charge on any atom is 0.335 e. The van der Waals surface area contributed by atoms with Crippen LogP contribution in [0.5, 0.6) is 0 Å². The van der Waals surface area contributed by atoms with Gasteiger partial charge in [0.25, 0.3) is 0 Å². The Morgan fingerprint density at radius 3 is 2.67 bits per heavy atom. The summed E-state index contributed by atoms with van der Waals surface area (Å²) in [4.78, 5) is 19.7. The molecule has 1 heterocycles. The van der Waals surface area contributed by atoms with E-state index in [2.05, 4.69) is 9.97 Å². The second-order valence-corrected chi connectivity index (χ2v) is 5.51. The van der Waals surface area contributed by atoms with E-state index in [1.165, 1.54) is 12.1 Å². The van der Waals surface area contributed by atoms with E-state index in [1.807, 2.05) is 0 Å². The molecule has 1 aromatic carbocycles. The van der Waals surface area contributed by atoms with Crippen LogP contribution in [-0.4, -0.2) is 21.0 Å². The predicted molar refractivity (Wildman–Crippen MR) is 76.1 cm³/mol. The Kier molecular flexibility index (Phi) is 3.37. The molecule has 1 saturated carbocycles. The normalized spacial score (nSPS) is 14.2. The maximum atomic E-state index is 13.6. The number of benzene rings is 1. The number of aromatic nitrogens is 2. The topological polar surface area (TPSA) is 63.1 Å². The summed E-state index contributed by atoms with van der Waals surface area (Å²) in [5, 5.41) is 9.35. The quantitative estimate of drug-likeness (QED) is 0.876. The average Bonchev–Trinajstić information content (AvgIpc) is 3.25. The van der Waals surface area contributed by atoms with Crippen molar-refractivity contribution in [2.24, 2.45) is 0 Å². The molecule has 0 atom stereocenters. The van der Waals surface area contributed by atoms with Gasteiger partial charge in [-0.15, -0.1) is 0 Å². The Bertz CT molecular complexity index is 745. The van der Waals surface area contributed by atoms with Crippen molar-refractivity contribution < 1.29 is 14.3 Å². The minimum absolute atomic E-state index is 0.118. The van der Waals surface area contributed by atoms with E-state index in [4.69, 9.17) is 16.7 Å². The van der Waals surface area contributed by atoms with Crippen molar-refractivity contribution in [3.8, 4) is 11.3 Å². The van der Waals surface area contributed by atoms with Gasteiger partial charge in [0.15, 0.2) is 0 Å². The highest BCUT2D eigenvalue weighted by molar-refractivity contribution is 6.30. The monoisotopic (exact) mass is 306 g/mol. The van der Waals surface area contributed by atoms with Crippen molar-refractivity contribution in [1.82, 2.24) is 9.97 Å². The molecule has 0 saturated heterocycles. The molecule has 0 bridgehead atoms. The zero-order chi connectivity index (χ0) is 15.1. The fourth-order valence-corrected chi connectivity index (χ4v) is 2.34. The van der Waals surface area contributed by atoms with E-state index in [1.54, 1.807) is 6.92 Å². The number of hydrogen-bond acceptors (Lipinski definition) is 3. The van der Waals surface area contributed by atoms with E-state index in [0.717, 1.165) is 18.9 Å². The number of halogens is 2. The van der Waals surface area contributed by atoms with Crippen LogP contribution >= 0.6 is 11.6 Å². The predicted octanol–water partition coefficient (Wildman–Crippen LogP) is 3.82. The van der Waals surface area contributed by atoms with Crippen LogP contribution < -0.4 is 0 Å². The first-order valence-electron chi connectivity index (χ1n) is 6.54. The van der Waals surface area contributed by atoms with Gasteiger partial charge in [0.2, 0.25) is 0 Å². The SMILES string of the molecule is Cc1c(Cl)nc(C2CC2)nc1-c1cc(F)cc(C(=O)O)c1. The number of carboxylic acids is 1. The van der Waals surface area contributed by atoms with Gasteiger partial charge in [-0.25, -0.2) is 19.2 Å². The van der Waals surface area contributed by atoms with Crippen LogP contribution in [0.4, 0.5) is 4.39 Å². The first-order valence-corrected chi connectivity index (χ1v) is 6.92. The molecule has 0 spiro atoms. The molecule has 1 fully saturated rings. The number of aromatic carboxylic acids is 1. The van der Waals surface area contributed by atoms with Crippen molar-refractivity contribution in [3.05, 3.63) is 46.1 Å². The largest absolute Gasteiger partial charge is 0.478 e. The van der Waals surface area contributed by atoms with Crippen LogP contribution in [-0.2, 0) is 0 Å². The van der Waals surface area contributed by atoms with Gasteiger partial charge in [-0.3, -0.25) is 0 Å². The summed E-state index contributed by atoms with van der Waals surface area (Å²) in [5.41, 5.74) is 1.38. The van der Waals surface area contributed by atoms with Gasteiger partial charge < -0.3 is 5.11 Å². The van der Waals surface area contributed by atoms with Gasteiger partial charge >= 0.3 is 5.97 Å². The third-order valence-electron chi connectivity index (χ3n) is 3.46. The summed E-state index contributed by atoms with van der Waals surface area (Å²) < 4.78 is 13.6. The van der Waals surface area contributed by atoms with E-state index < -0.39 is 11.8 Å². The fraction of sp³-hybridized carbons (Fsp3) is 0.267. The molecule has 1 aliphatic rings. The Balaban J connectivity index is 2.17. The third kappa shape index (κ3) is 2.74. The minimum atomic E-state index is -1.18. The molecule has 108 valence electrons. The van der Waals surface area contributed by atoms with E-state index in [0.29, 0.717) is 33.7 Å². The van der Waals surface area contributed by atoms with Crippen LogP contribution in [0.25, 0.3) is 11.3 Å². The summed E-state index contributed by atoms with van der Waals surface area (Å²) in [7, 11) is 0. The van der Waals surface area contributed by atoms with E-state index >= 15 is 0 Å². The first kappa shape index (κ1) is 13.9. The van der Waals surface area contributed by atoms with E-state index in [-0.39, 0.29) is 5.56 Å². The summed E-state index contributed by atoms with van der Waals surface area (Å²) in [5.74, 6) is -0.862. The van der Waals surface area contributed by atoms with Gasteiger partial charge in [-0.2, -0.15) is 0 Å².